The second-order valence-corrected chi connectivity index (χ2v) is 6.55. The van der Waals surface area contributed by atoms with Gasteiger partial charge in [-0.15, -0.1) is 0 Å². The highest BCUT2D eigenvalue weighted by molar-refractivity contribution is 6.30. The van der Waals surface area contributed by atoms with Gasteiger partial charge in [0, 0.05) is 22.7 Å². The van der Waals surface area contributed by atoms with Crippen molar-refractivity contribution in [1.82, 2.24) is 5.32 Å². The SMILES string of the molecule is CC(C)(N)CNC(=O)c1cccc(OCc2cccc(Cl)c2)c1. The zero-order valence-corrected chi connectivity index (χ0v) is 14.1. The number of nitrogens with two attached hydrogens (primary N) is 1. The maximum absolute atomic E-state index is 12.1. The van der Waals surface area contributed by atoms with Crippen molar-refractivity contribution in [3.63, 3.8) is 0 Å². The molecule has 2 rings (SSSR count). The molecule has 0 aromatic heterocycles. The van der Waals surface area contributed by atoms with Crippen LogP contribution < -0.4 is 15.8 Å². The lowest BCUT2D eigenvalue weighted by atomic mass is 10.1. The Balaban J connectivity index is 1.98. The molecule has 0 aliphatic carbocycles. The summed E-state index contributed by atoms with van der Waals surface area (Å²) in [7, 11) is 0. The van der Waals surface area contributed by atoms with Crippen LogP contribution in [0.25, 0.3) is 0 Å². The van der Waals surface area contributed by atoms with E-state index in [1.165, 1.54) is 0 Å². The van der Waals surface area contributed by atoms with Crippen LogP contribution in [0.3, 0.4) is 0 Å². The summed E-state index contributed by atoms with van der Waals surface area (Å²) < 4.78 is 5.72. The highest BCUT2D eigenvalue weighted by Crippen LogP contribution is 2.17. The lowest BCUT2D eigenvalue weighted by Gasteiger charge is -2.19. The quantitative estimate of drug-likeness (QED) is 0.852. The maximum Gasteiger partial charge on any atom is 0.251 e. The molecule has 0 heterocycles. The topological polar surface area (TPSA) is 64.3 Å². The van der Waals surface area contributed by atoms with Gasteiger partial charge in [-0.3, -0.25) is 4.79 Å². The van der Waals surface area contributed by atoms with Crippen molar-refractivity contribution in [1.29, 1.82) is 0 Å². The Morgan fingerprint density at radius 2 is 1.96 bits per heavy atom. The van der Waals surface area contributed by atoms with E-state index in [0.29, 0.717) is 29.5 Å². The molecule has 0 atom stereocenters. The Bertz CT molecular complexity index is 681. The number of benzene rings is 2. The average Bonchev–Trinajstić information content (AvgIpc) is 2.50. The van der Waals surface area contributed by atoms with Crippen molar-refractivity contribution in [2.45, 2.75) is 26.0 Å². The predicted octanol–water partition coefficient (Wildman–Crippen LogP) is 3.39. The molecule has 0 saturated heterocycles. The van der Waals surface area contributed by atoms with E-state index in [0.717, 1.165) is 5.56 Å². The summed E-state index contributed by atoms with van der Waals surface area (Å²) in [6, 6.07) is 14.5. The van der Waals surface area contributed by atoms with Gasteiger partial charge in [0.05, 0.1) is 0 Å². The summed E-state index contributed by atoms with van der Waals surface area (Å²) in [5, 5.41) is 3.48. The third-order valence-electron chi connectivity index (χ3n) is 3.10. The largest absolute Gasteiger partial charge is 0.489 e. The minimum absolute atomic E-state index is 0.170. The van der Waals surface area contributed by atoms with Gasteiger partial charge in [0.1, 0.15) is 12.4 Å². The second kappa shape index (κ2) is 7.49. The minimum Gasteiger partial charge on any atom is -0.489 e. The van der Waals surface area contributed by atoms with Crippen LogP contribution in [0, 0.1) is 0 Å². The summed E-state index contributed by atoms with van der Waals surface area (Å²) in [6.07, 6.45) is 0. The highest BCUT2D eigenvalue weighted by atomic mass is 35.5. The van der Waals surface area contributed by atoms with Crippen LogP contribution in [0.4, 0.5) is 0 Å². The van der Waals surface area contributed by atoms with Crippen LogP contribution in [-0.2, 0) is 6.61 Å². The average molecular weight is 333 g/mol. The number of hydrogen-bond donors (Lipinski definition) is 2. The monoisotopic (exact) mass is 332 g/mol. The molecule has 0 bridgehead atoms. The summed E-state index contributed by atoms with van der Waals surface area (Å²) in [5.74, 6) is 0.460. The Labute approximate surface area is 141 Å². The maximum atomic E-state index is 12.1. The molecule has 5 heteroatoms. The van der Waals surface area contributed by atoms with Crippen molar-refractivity contribution < 1.29 is 9.53 Å². The molecule has 4 nitrogen and oxygen atoms in total. The van der Waals surface area contributed by atoms with E-state index < -0.39 is 5.54 Å². The zero-order chi connectivity index (χ0) is 16.9. The van der Waals surface area contributed by atoms with Crippen LogP contribution in [0.2, 0.25) is 5.02 Å². The second-order valence-electron chi connectivity index (χ2n) is 6.12. The number of carbonyl (C=O) groups is 1. The van der Waals surface area contributed by atoms with Crippen molar-refractivity contribution >= 4 is 17.5 Å². The molecule has 3 N–H and O–H groups in total. The van der Waals surface area contributed by atoms with E-state index in [2.05, 4.69) is 5.32 Å². The smallest absolute Gasteiger partial charge is 0.251 e. The molecule has 0 aliphatic rings. The molecular weight excluding hydrogens is 312 g/mol. The molecule has 0 spiro atoms. The number of amides is 1. The van der Waals surface area contributed by atoms with Crippen LogP contribution >= 0.6 is 11.6 Å². The molecule has 1 amide bonds. The van der Waals surface area contributed by atoms with Crippen LogP contribution in [-0.4, -0.2) is 18.0 Å². The normalized spacial score (nSPS) is 11.1. The van der Waals surface area contributed by atoms with E-state index in [1.807, 2.05) is 44.2 Å². The van der Waals surface area contributed by atoms with Crippen molar-refractivity contribution in [3.8, 4) is 5.75 Å². The zero-order valence-electron chi connectivity index (χ0n) is 13.3. The van der Waals surface area contributed by atoms with Gasteiger partial charge in [0.25, 0.3) is 5.91 Å². The fourth-order valence-corrected chi connectivity index (χ4v) is 2.14. The van der Waals surface area contributed by atoms with Gasteiger partial charge in [-0.1, -0.05) is 29.8 Å². The highest BCUT2D eigenvalue weighted by Gasteiger charge is 2.13. The number of carbonyl (C=O) groups excluding carboxylic acids is 1. The first kappa shape index (κ1) is 17.3. The first-order chi connectivity index (χ1) is 10.8. The van der Waals surface area contributed by atoms with Gasteiger partial charge in [-0.25, -0.2) is 0 Å². The predicted molar refractivity (Wildman–Crippen MR) is 92.8 cm³/mol. The fourth-order valence-electron chi connectivity index (χ4n) is 1.93. The lowest BCUT2D eigenvalue weighted by Crippen LogP contribution is -2.45. The van der Waals surface area contributed by atoms with Crippen molar-refractivity contribution in [3.05, 3.63) is 64.7 Å². The van der Waals surface area contributed by atoms with Crippen molar-refractivity contribution in [2.75, 3.05) is 6.54 Å². The molecule has 122 valence electrons. The first-order valence-electron chi connectivity index (χ1n) is 7.38. The molecule has 0 radical (unpaired) electrons. The summed E-state index contributed by atoms with van der Waals surface area (Å²) in [5.41, 5.74) is 6.93. The molecule has 2 aromatic carbocycles. The lowest BCUT2D eigenvalue weighted by molar-refractivity contribution is 0.0945. The van der Waals surface area contributed by atoms with E-state index in [9.17, 15) is 4.79 Å². The standard InChI is InChI=1S/C18H21ClN2O2/c1-18(2,20)12-21-17(22)14-6-4-8-16(10-14)23-11-13-5-3-7-15(19)9-13/h3-10H,11-12,20H2,1-2H3,(H,21,22). The third kappa shape index (κ3) is 5.93. The Hall–Kier alpha value is -2.04. The molecular formula is C18H21ClN2O2. The minimum atomic E-state index is -0.448. The fraction of sp³-hybridized carbons (Fsp3) is 0.278. The summed E-state index contributed by atoms with van der Waals surface area (Å²) in [6.45, 7) is 4.51. The summed E-state index contributed by atoms with van der Waals surface area (Å²) in [4.78, 5) is 12.1. The van der Waals surface area contributed by atoms with E-state index in [4.69, 9.17) is 22.1 Å². The van der Waals surface area contributed by atoms with Gasteiger partial charge in [-0.2, -0.15) is 0 Å². The number of hydrogen-bond acceptors (Lipinski definition) is 3. The number of rotatable bonds is 6. The van der Waals surface area contributed by atoms with Crippen molar-refractivity contribution in [2.24, 2.45) is 5.73 Å². The van der Waals surface area contributed by atoms with Crippen LogP contribution in [0.15, 0.2) is 48.5 Å². The van der Waals surface area contributed by atoms with Gasteiger partial charge in [0.15, 0.2) is 0 Å². The molecule has 0 saturated carbocycles. The molecule has 0 aliphatic heterocycles. The van der Waals surface area contributed by atoms with E-state index >= 15 is 0 Å². The molecule has 0 unspecified atom stereocenters. The Kier molecular flexibility index (Phi) is 5.64. The van der Waals surface area contributed by atoms with Gasteiger partial charge in [-0.05, 0) is 49.7 Å². The van der Waals surface area contributed by atoms with Crippen LogP contribution in [0.1, 0.15) is 29.8 Å². The van der Waals surface area contributed by atoms with Crippen LogP contribution in [0.5, 0.6) is 5.75 Å². The number of ether oxygens (including phenoxy) is 1. The third-order valence-corrected chi connectivity index (χ3v) is 3.33. The molecule has 23 heavy (non-hydrogen) atoms. The van der Waals surface area contributed by atoms with E-state index in [1.54, 1.807) is 18.2 Å². The molecule has 2 aromatic rings. The molecule has 0 fully saturated rings. The number of halogens is 1. The first-order valence-corrected chi connectivity index (χ1v) is 7.76. The Morgan fingerprint density at radius 1 is 1.22 bits per heavy atom. The van der Waals surface area contributed by atoms with Gasteiger partial charge in [0.2, 0.25) is 0 Å². The number of nitrogens with one attached hydrogen (secondary N) is 1. The van der Waals surface area contributed by atoms with E-state index in [-0.39, 0.29) is 5.91 Å². The summed E-state index contributed by atoms with van der Waals surface area (Å²) >= 11 is 5.95. The van der Waals surface area contributed by atoms with Gasteiger partial charge >= 0.3 is 0 Å². The Morgan fingerprint density at radius 3 is 2.65 bits per heavy atom. The van der Waals surface area contributed by atoms with Gasteiger partial charge < -0.3 is 15.8 Å².